The zero-order valence-electron chi connectivity index (χ0n) is 9.56. The number of aromatic nitrogens is 2. The number of fused-ring (bicyclic) bond motifs is 1. The lowest BCUT2D eigenvalue weighted by Crippen LogP contribution is -1.81. The number of hydrogen-bond donors (Lipinski definition) is 1. The Kier molecular flexibility index (Phi) is 5.39. The highest BCUT2D eigenvalue weighted by Crippen LogP contribution is 2.41. The predicted octanol–water partition coefficient (Wildman–Crippen LogP) is 5.82. The molecule has 2 aromatic rings. The number of unbranched alkanes of at least 4 members (excludes halogenated alkanes) is 3. The monoisotopic (exact) mass is 396 g/mol. The van der Waals surface area contributed by atoms with E-state index in [4.69, 9.17) is 0 Å². The van der Waals surface area contributed by atoms with Crippen molar-refractivity contribution >= 4 is 65.3 Å². The van der Waals surface area contributed by atoms with Gasteiger partial charge in [0.2, 0.25) is 0 Å². The van der Waals surface area contributed by atoms with Gasteiger partial charge in [0.15, 0.2) is 4.73 Å². The summed E-state index contributed by atoms with van der Waals surface area (Å²) in [5, 5.41) is 0. The minimum absolute atomic E-state index is 0.819. The molecule has 2 aromatic heterocycles. The van der Waals surface area contributed by atoms with Gasteiger partial charge in [0.25, 0.3) is 0 Å². The molecule has 0 aliphatic rings. The van der Waals surface area contributed by atoms with Crippen molar-refractivity contribution in [3.05, 3.63) is 8.52 Å². The number of nitrogens with one attached hydrogen (secondary N) is 1. The molecule has 0 unspecified atom stereocenters. The average Bonchev–Trinajstić information content (AvgIpc) is 2.75. The van der Waals surface area contributed by atoms with Gasteiger partial charge < -0.3 is 4.98 Å². The van der Waals surface area contributed by atoms with Crippen molar-refractivity contribution in [3.63, 3.8) is 0 Å². The third-order valence-electron chi connectivity index (χ3n) is 2.48. The molecule has 0 amide bonds. The third-order valence-corrected chi connectivity index (χ3v) is 6.19. The number of rotatable bonds is 6. The van der Waals surface area contributed by atoms with Crippen LogP contribution in [0.25, 0.3) is 10.3 Å². The molecule has 94 valence electrons. The van der Waals surface area contributed by atoms with Gasteiger partial charge in [-0.05, 0) is 44.0 Å². The summed E-state index contributed by atoms with van der Waals surface area (Å²) in [5.74, 6) is 1.18. The van der Waals surface area contributed by atoms with Crippen molar-refractivity contribution in [2.75, 3.05) is 5.75 Å². The Morgan fingerprint density at radius 1 is 1.29 bits per heavy atom. The molecule has 0 radical (unpaired) electrons. The maximum absolute atomic E-state index is 4.39. The third kappa shape index (κ3) is 3.49. The van der Waals surface area contributed by atoms with Gasteiger partial charge in [-0.2, -0.15) is 0 Å². The Hall–Kier alpha value is 0.480. The van der Waals surface area contributed by atoms with Crippen LogP contribution in [0.3, 0.4) is 0 Å². The molecule has 6 heteroatoms. The molecule has 0 aliphatic heterocycles. The lowest BCUT2D eigenvalue weighted by Gasteiger charge is -2.00. The molecule has 0 bridgehead atoms. The van der Waals surface area contributed by atoms with E-state index in [1.807, 2.05) is 11.8 Å². The van der Waals surface area contributed by atoms with Crippen molar-refractivity contribution in [1.29, 1.82) is 0 Å². The molecule has 0 aliphatic carbocycles. The summed E-state index contributed by atoms with van der Waals surface area (Å²) in [6, 6.07) is 0. The molecule has 0 atom stereocenters. The zero-order chi connectivity index (χ0) is 12.3. The molecule has 0 saturated heterocycles. The molecule has 0 fully saturated rings. The summed E-state index contributed by atoms with van der Waals surface area (Å²) in [7, 11) is 0. The molecular formula is C11H14Br2N2S2. The van der Waals surface area contributed by atoms with Crippen molar-refractivity contribution in [3.8, 4) is 0 Å². The highest BCUT2D eigenvalue weighted by atomic mass is 79.9. The maximum Gasteiger partial charge on any atom is 0.176 e. The van der Waals surface area contributed by atoms with Crippen LogP contribution in [0.2, 0.25) is 0 Å². The Labute approximate surface area is 126 Å². The van der Waals surface area contributed by atoms with Gasteiger partial charge in [-0.15, -0.1) is 23.1 Å². The van der Waals surface area contributed by atoms with Gasteiger partial charge in [0.1, 0.15) is 4.83 Å². The Bertz CT molecular complexity index is 493. The zero-order valence-corrected chi connectivity index (χ0v) is 14.4. The van der Waals surface area contributed by atoms with Gasteiger partial charge in [-0.1, -0.05) is 26.2 Å². The van der Waals surface area contributed by atoms with E-state index in [2.05, 4.69) is 48.8 Å². The Morgan fingerprint density at radius 2 is 2.12 bits per heavy atom. The van der Waals surface area contributed by atoms with Crippen molar-refractivity contribution < 1.29 is 0 Å². The largest absolute Gasteiger partial charge is 0.331 e. The van der Waals surface area contributed by atoms with E-state index in [1.54, 1.807) is 11.3 Å². The Morgan fingerprint density at radius 3 is 2.88 bits per heavy atom. The number of imidazole rings is 1. The van der Waals surface area contributed by atoms with E-state index in [1.165, 1.54) is 40.1 Å². The lowest BCUT2D eigenvalue weighted by molar-refractivity contribution is 0.706. The molecule has 0 saturated carbocycles. The van der Waals surface area contributed by atoms with Crippen LogP contribution in [0.5, 0.6) is 0 Å². The molecule has 0 aromatic carbocycles. The second kappa shape index (κ2) is 6.59. The molecule has 17 heavy (non-hydrogen) atoms. The first-order chi connectivity index (χ1) is 8.22. The molecular weight excluding hydrogens is 384 g/mol. The van der Waals surface area contributed by atoms with Crippen LogP contribution in [0.4, 0.5) is 0 Å². The fraction of sp³-hybridized carbons (Fsp3) is 0.545. The van der Waals surface area contributed by atoms with Crippen molar-refractivity contribution in [1.82, 2.24) is 9.97 Å². The fourth-order valence-electron chi connectivity index (χ4n) is 1.62. The van der Waals surface area contributed by atoms with E-state index in [0.717, 1.165) is 15.1 Å². The number of H-pyrrole nitrogens is 1. The second-order valence-electron chi connectivity index (χ2n) is 3.82. The Balaban J connectivity index is 1.99. The van der Waals surface area contributed by atoms with Gasteiger partial charge in [-0.3, -0.25) is 0 Å². The van der Waals surface area contributed by atoms with Crippen LogP contribution >= 0.6 is 55.0 Å². The highest BCUT2D eigenvalue weighted by Gasteiger charge is 2.14. The summed E-state index contributed by atoms with van der Waals surface area (Å²) >= 11 is 10.6. The molecule has 2 heterocycles. The lowest BCUT2D eigenvalue weighted by atomic mass is 10.2. The number of aromatic amines is 1. The fourth-order valence-corrected chi connectivity index (χ4v) is 5.19. The van der Waals surface area contributed by atoms with Crippen LogP contribution in [-0.2, 0) is 0 Å². The highest BCUT2D eigenvalue weighted by molar-refractivity contribution is 9.11. The van der Waals surface area contributed by atoms with E-state index >= 15 is 0 Å². The summed E-state index contributed by atoms with van der Waals surface area (Å²) in [5.41, 5.74) is 1.16. The minimum Gasteiger partial charge on any atom is -0.331 e. The SMILES string of the molecule is CCCCCCSc1c(Br)sc2nc(Br)[nH]c12. The quantitative estimate of drug-likeness (QED) is 0.491. The summed E-state index contributed by atoms with van der Waals surface area (Å²) < 4.78 is 2.01. The normalized spacial score (nSPS) is 11.5. The topological polar surface area (TPSA) is 28.7 Å². The standard InChI is InChI=1S/C11H14Br2N2S2/c1-2-3-4-5-6-16-8-7-10(17-9(8)12)15-11(13)14-7/h2-6H2,1H3,(H,14,15). The summed E-state index contributed by atoms with van der Waals surface area (Å²) in [6.07, 6.45) is 5.26. The number of thiophene rings is 1. The second-order valence-corrected chi connectivity index (χ2v) is 8.00. The summed E-state index contributed by atoms with van der Waals surface area (Å²) in [4.78, 5) is 10.0. The van der Waals surface area contributed by atoms with Crippen LogP contribution < -0.4 is 0 Å². The van der Waals surface area contributed by atoms with Gasteiger partial charge in [-0.25, -0.2) is 4.98 Å². The van der Waals surface area contributed by atoms with Gasteiger partial charge >= 0.3 is 0 Å². The van der Waals surface area contributed by atoms with E-state index in [0.29, 0.717) is 0 Å². The maximum atomic E-state index is 4.39. The number of nitrogens with zero attached hydrogens (tertiary/aromatic N) is 1. The van der Waals surface area contributed by atoms with Gasteiger partial charge in [0, 0.05) is 0 Å². The van der Waals surface area contributed by atoms with Crippen LogP contribution in [0.1, 0.15) is 32.6 Å². The van der Waals surface area contributed by atoms with E-state index in [9.17, 15) is 0 Å². The minimum atomic E-state index is 0.819. The number of hydrogen-bond acceptors (Lipinski definition) is 3. The molecule has 0 spiro atoms. The van der Waals surface area contributed by atoms with Crippen molar-refractivity contribution in [2.24, 2.45) is 0 Å². The first-order valence-electron chi connectivity index (χ1n) is 5.68. The number of halogens is 2. The molecule has 2 nitrogen and oxygen atoms in total. The van der Waals surface area contributed by atoms with Crippen LogP contribution in [0.15, 0.2) is 13.4 Å². The summed E-state index contributed by atoms with van der Waals surface area (Å²) in [6.45, 7) is 2.24. The first kappa shape index (κ1) is 13.9. The van der Waals surface area contributed by atoms with Gasteiger partial charge in [0.05, 0.1) is 14.2 Å². The van der Waals surface area contributed by atoms with E-state index in [-0.39, 0.29) is 0 Å². The van der Waals surface area contributed by atoms with Crippen LogP contribution in [-0.4, -0.2) is 15.7 Å². The smallest absolute Gasteiger partial charge is 0.176 e. The first-order valence-corrected chi connectivity index (χ1v) is 9.07. The molecule has 1 N–H and O–H groups in total. The van der Waals surface area contributed by atoms with E-state index < -0.39 is 0 Å². The van der Waals surface area contributed by atoms with Crippen molar-refractivity contribution in [2.45, 2.75) is 37.5 Å². The van der Waals surface area contributed by atoms with Crippen LogP contribution in [0, 0.1) is 0 Å². The number of thioether (sulfide) groups is 1. The predicted molar refractivity (Wildman–Crippen MR) is 84.2 cm³/mol. The average molecular weight is 398 g/mol. The molecule has 2 rings (SSSR count).